The van der Waals surface area contributed by atoms with Crippen molar-refractivity contribution in [2.75, 3.05) is 7.11 Å². The lowest BCUT2D eigenvalue weighted by molar-refractivity contribution is 0.0971. The smallest absolute Gasteiger partial charge is 0.203 e. The average molecular weight is 487 g/mol. The van der Waals surface area contributed by atoms with Gasteiger partial charge in [0.25, 0.3) is 0 Å². The van der Waals surface area contributed by atoms with Crippen molar-refractivity contribution >= 4 is 45.4 Å². The van der Waals surface area contributed by atoms with Crippen molar-refractivity contribution in [2.24, 2.45) is 0 Å². The van der Waals surface area contributed by atoms with E-state index in [1.54, 1.807) is 35.9 Å². The summed E-state index contributed by atoms with van der Waals surface area (Å²) < 4.78 is 8.80. The molecule has 0 unspecified atom stereocenters. The van der Waals surface area contributed by atoms with E-state index in [0.717, 1.165) is 16.6 Å². The number of methoxy groups -OCH3 is 1. The van der Waals surface area contributed by atoms with Gasteiger partial charge in [0.1, 0.15) is 5.75 Å². The second kappa shape index (κ2) is 9.32. The minimum atomic E-state index is -0.0550. The fraction of sp³-hybridized carbons (Fsp3) is 0.130. The Bertz CT molecular complexity index is 1230. The van der Waals surface area contributed by atoms with E-state index in [2.05, 4.69) is 0 Å². The van der Waals surface area contributed by atoms with Crippen LogP contribution in [0.5, 0.6) is 5.75 Å². The number of halogens is 2. The van der Waals surface area contributed by atoms with Crippen molar-refractivity contribution in [1.82, 2.24) is 9.13 Å². The molecule has 0 radical (unpaired) electrons. The van der Waals surface area contributed by atoms with Crippen LogP contribution in [0.15, 0.2) is 72.8 Å². The maximum Gasteiger partial charge on any atom is 0.203 e. The van der Waals surface area contributed by atoms with Crippen molar-refractivity contribution in [3.8, 4) is 5.75 Å². The van der Waals surface area contributed by atoms with Gasteiger partial charge in [0.2, 0.25) is 5.62 Å². The number of aromatic nitrogens is 2. The molecule has 0 aliphatic carbocycles. The standard InChI is InChI=1S/C23H20ClN3O2.BrH/c1-29-19-12-8-17(9-13-19)22(28)15-27-21-5-3-2-4-20(21)26(23(27)25)14-16-6-10-18(24)11-7-16;/h2-13,25H,14-15H2,1H3;1H. The molecule has 0 fully saturated rings. The summed E-state index contributed by atoms with van der Waals surface area (Å²) in [5.74, 6) is 0.649. The molecule has 0 saturated carbocycles. The predicted octanol–water partition coefficient (Wildman–Crippen LogP) is 5.09. The first-order valence-corrected chi connectivity index (χ1v) is 9.59. The van der Waals surface area contributed by atoms with Gasteiger partial charge in [-0.15, -0.1) is 17.0 Å². The number of fused-ring (bicyclic) bond motifs is 1. The fourth-order valence-corrected chi connectivity index (χ4v) is 3.52. The zero-order valence-corrected chi connectivity index (χ0v) is 18.8. The Kier molecular flexibility index (Phi) is 6.80. The number of nitrogens with zero attached hydrogens (tertiary/aromatic N) is 2. The van der Waals surface area contributed by atoms with Crippen LogP contribution in [0.1, 0.15) is 15.9 Å². The molecule has 0 atom stereocenters. The lowest BCUT2D eigenvalue weighted by Gasteiger charge is -2.06. The molecule has 4 rings (SSSR count). The molecule has 0 bridgehead atoms. The molecule has 154 valence electrons. The third-order valence-corrected chi connectivity index (χ3v) is 5.19. The summed E-state index contributed by atoms with van der Waals surface area (Å²) in [7, 11) is 1.59. The lowest BCUT2D eigenvalue weighted by Crippen LogP contribution is -2.27. The number of carbonyl (C=O) groups is 1. The van der Waals surface area contributed by atoms with E-state index in [1.165, 1.54) is 0 Å². The van der Waals surface area contributed by atoms with Crippen molar-refractivity contribution in [2.45, 2.75) is 13.1 Å². The molecule has 0 aliphatic heterocycles. The highest BCUT2D eigenvalue weighted by Crippen LogP contribution is 2.17. The van der Waals surface area contributed by atoms with Crippen LogP contribution in [0.3, 0.4) is 0 Å². The van der Waals surface area contributed by atoms with E-state index in [9.17, 15) is 4.79 Å². The monoisotopic (exact) mass is 485 g/mol. The number of carbonyl (C=O) groups excluding carboxylic acids is 1. The highest BCUT2D eigenvalue weighted by atomic mass is 79.9. The van der Waals surface area contributed by atoms with Crippen LogP contribution in [-0.4, -0.2) is 22.0 Å². The van der Waals surface area contributed by atoms with Crippen molar-refractivity contribution in [3.05, 3.63) is 94.6 Å². The molecule has 4 aromatic rings. The van der Waals surface area contributed by atoms with Gasteiger partial charge in [-0.25, -0.2) is 0 Å². The average Bonchev–Trinajstić information content (AvgIpc) is 3.01. The second-order valence-electron chi connectivity index (χ2n) is 6.76. The van der Waals surface area contributed by atoms with Crippen LogP contribution in [0.25, 0.3) is 11.0 Å². The quantitative estimate of drug-likeness (QED) is 0.386. The van der Waals surface area contributed by atoms with Gasteiger partial charge in [0.15, 0.2) is 5.78 Å². The molecule has 7 heteroatoms. The van der Waals surface area contributed by atoms with Crippen molar-refractivity contribution in [3.63, 3.8) is 0 Å². The van der Waals surface area contributed by atoms with E-state index < -0.39 is 0 Å². The Morgan fingerprint density at radius 3 is 2.13 bits per heavy atom. The van der Waals surface area contributed by atoms with E-state index in [-0.39, 0.29) is 34.9 Å². The van der Waals surface area contributed by atoms with Crippen LogP contribution in [0.2, 0.25) is 5.02 Å². The summed E-state index contributed by atoms with van der Waals surface area (Å²) in [4.78, 5) is 12.8. The Morgan fingerprint density at radius 2 is 1.53 bits per heavy atom. The van der Waals surface area contributed by atoms with Gasteiger partial charge >= 0.3 is 0 Å². The summed E-state index contributed by atoms with van der Waals surface area (Å²) in [5.41, 5.74) is 3.68. The lowest BCUT2D eigenvalue weighted by atomic mass is 10.1. The highest BCUT2D eigenvalue weighted by molar-refractivity contribution is 8.93. The zero-order valence-electron chi connectivity index (χ0n) is 16.3. The van der Waals surface area contributed by atoms with Gasteiger partial charge in [-0.1, -0.05) is 35.9 Å². The number of rotatable bonds is 6. The number of benzene rings is 3. The summed E-state index contributed by atoms with van der Waals surface area (Å²) >= 11 is 5.99. The van der Waals surface area contributed by atoms with Gasteiger partial charge in [-0.05, 0) is 54.1 Å². The van der Waals surface area contributed by atoms with E-state index in [4.69, 9.17) is 21.7 Å². The fourth-order valence-electron chi connectivity index (χ4n) is 3.40. The largest absolute Gasteiger partial charge is 0.497 e. The Balaban J connectivity index is 0.00000256. The first-order chi connectivity index (χ1) is 14.1. The molecule has 0 aliphatic rings. The summed E-state index contributed by atoms with van der Waals surface area (Å²) in [6, 6.07) is 22.4. The molecular weight excluding hydrogens is 466 g/mol. The van der Waals surface area contributed by atoms with Gasteiger partial charge in [0.05, 0.1) is 31.2 Å². The van der Waals surface area contributed by atoms with Gasteiger partial charge in [-0.3, -0.25) is 10.2 Å². The zero-order chi connectivity index (χ0) is 20.4. The topological polar surface area (TPSA) is 60.0 Å². The molecule has 0 spiro atoms. The molecule has 1 N–H and O–H groups in total. The van der Waals surface area contributed by atoms with E-state index in [0.29, 0.717) is 22.9 Å². The van der Waals surface area contributed by atoms with Crippen LogP contribution in [0, 0.1) is 5.41 Å². The SMILES string of the molecule is Br.COc1ccc(C(=O)Cn2c(=N)n(Cc3ccc(Cl)cc3)c3ccccc32)cc1. The maximum atomic E-state index is 12.8. The number of ketones is 1. The normalized spacial score (nSPS) is 10.6. The Morgan fingerprint density at radius 1 is 0.933 bits per heavy atom. The van der Waals surface area contributed by atoms with Gasteiger partial charge < -0.3 is 13.9 Å². The molecule has 3 aromatic carbocycles. The Hall–Kier alpha value is -2.83. The maximum absolute atomic E-state index is 12.8. The van der Waals surface area contributed by atoms with Crippen LogP contribution >= 0.6 is 28.6 Å². The number of ether oxygens (including phenoxy) is 1. The van der Waals surface area contributed by atoms with Crippen LogP contribution < -0.4 is 10.4 Å². The molecule has 1 aromatic heterocycles. The number of imidazole rings is 1. The third-order valence-electron chi connectivity index (χ3n) is 4.94. The molecule has 30 heavy (non-hydrogen) atoms. The minimum absolute atomic E-state index is 0. The predicted molar refractivity (Wildman–Crippen MR) is 124 cm³/mol. The van der Waals surface area contributed by atoms with Gasteiger partial charge in [0, 0.05) is 10.6 Å². The number of hydrogen-bond donors (Lipinski definition) is 1. The molecule has 0 saturated heterocycles. The van der Waals surface area contributed by atoms with E-state index in [1.807, 2.05) is 53.1 Å². The minimum Gasteiger partial charge on any atom is -0.497 e. The molecule has 0 amide bonds. The van der Waals surface area contributed by atoms with Crippen LogP contribution in [-0.2, 0) is 13.1 Å². The molecular formula is C23H21BrClN3O2. The molecule has 1 heterocycles. The van der Waals surface area contributed by atoms with Crippen LogP contribution in [0.4, 0.5) is 0 Å². The summed E-state index contributed by atoms with van der Waals surface area (Å²) in [6.07, 6.45) is 0. The first kappa shape index (κ1) is 21.9. The summed E-state index contributed by atoms with van der Waals surface area (Å²) in [6.45, 7) is 0.625. The van der Waals surface area contributed by atoms with E-state index >= 15 is 0 Å². The highest BCUT2D eigenvalue weighted by Gasteiger charge is 2.15. The summed E-state index contributed by atoms with van der Waals surface area (Å²) in [5, 5.41) is 9.39. The first-order valence-electron chi connectivity index (χ1n) is 9.21. The third kappa shape index (κ3) is 4.35. The Labute approximate surface area is 189 Å². The number of Topliss-reactive ketones (excluding diaryl/α,β-unsaturated/α-hetero) is 1. The number of para-hydroxylation sites is 2. The van der Waals surface area contributed by atoms with Crippen molar-refractivity contribution in [1.29, 1.82) is 5.41 Å². The molecule has 5 nitrogen and oxygen atoms in total. The number of nitrogens with one attached hydrogen (secondary N) is 1. The second-order valence-corrected chi connectivity index (χ2v) is 7.20. The number of hydrogen-bond acceptors (Lipinski definition) is 3. The van der Waals surface area contributed by atoms with Gasteiger partial charge in [-0.2, -0.15) is 0 Å². The van der Waals surface area contributed by atoms with Crippen molar-refractivity contribution < 1.29 is 9.53 Å².